The van der Waals surface area contributed by atoms with Gasteiger partial charge in [-0.15, -0.1) is 0 Å². The molecule has 0 bridgehead atoms. The van der Waals surface area contributed by atoms with Crippen LogP contribution in [0.25, 0.3) is 0 Å². The van der Waals surface area contributed by atoms with Crippen LogP contribution in [0.2, 0.25) is 0 Å². The van der Waals surface area contributed by atoms with E-state index >= 15 is 0 Å². The number of carbonyl (C=O) groups is 2. The van der Waals surface area contributed by atoms with Gasteiger partial charge in [0.25, 0.3) is 0 Å². The van der Waals surface area contributed by atoms with Crippen LogP contribution in [-0.2, 0) is 9.53 Å². The number of nitrogens with one attached hydrogen (secondary N) is 1. The highest BCUT2D eigenvalue weighted by atomic mass is 16.6. The lowest BCUT2D eigenvalue weighted by molar-refractivity contribution is -0.124. The van der Waals surface area contributed by atoms with Crippen molar-refractivity contribution in [1.82, 2.24) is 5.32 Å². The van der Waals surface area contributed by atoms with E-state index in [-0.39, 0.29) is 18.4 Å². The van der Waals surface area contributed by atoms with E-state index in [9.17, 15) is 9.59 Å². The molecule has 1 aliphatic heterocycles. The number of carbonyl (C=O) groups excluding carboxylic acids is 2. The van der Waals surface area contributed by atoms with Crippen molar-refractivity contribution in [3.05, 3.63) is 35.9 Å². The molecule has 0 radical (unpaired) electrons. The van der Waals surface area contributed by atoms with E-state index in [1.165, 1.54) is 6.42 Å². The minimum Gasteiger partial charge on any atom is -0.448 e. The highest BCUT2D eigenvalue weighted by molar-refractivity contribution is 5.97. The van der Waals surface area contributed by atoms with E-state index in [1.807, 2.05) is 30.3 Å². The van der Waals surface area contributed by atoms with Crippen LogP contribution in [0.3, 0.4) is 0 Å². The van der Waals surface area contributed by atoms with E-state index in [0.29, 0.717) is 0 Å². The summed E-state index contributed by atoms with van der Waals surface area (Å²) in [6.45, 7) is 4.37. The Morgan fingerprint density at radius 3 is 2.35 bits per heavy atom. The Hall–Kier alpha value is -1.84. The van der Waals surface area contributed by atoms with E-state index in [4.69, 9.17) is 4.74 Å². The summed E-state index contributed by atoms with van der Waals surface area (Å²) >= 11 is 0. The third kappa shape index (κ3) is 3.90. The zero-order valence-electron chi connectivity index (χ0n) is 10.1. The first-order valence-corrected chi connectivity index (χ1v) is 5.71. The Bertz CT molecular complexity index is 376. The van der Waals surface area contributed by atoms with Crippen LogP contribution in [0.5, 0.6) is 0 Å². The van der Waals surface area contributed by atoms with Gasteiger partial charge in [0.1, 0.15) is 6.61 Å². The molecule has 0 spiro atoms. The third-order valence-electron chi connectivity index (χ3n) is 2.12. The summed E-state index contributed by atoms with van der Waals surface area (Å²) in [5.41, 5.74) is 0.859. The number of imide groups is 1. The Labute approximate surface area is 101 Å². The van der Waals surface area contributed by atoms with Crippen LogP contribution in [0.1, 0.15) is 31.7 Å². The quantitative estimate of drug-likeness (QED) is 0.813. The van der Waals surface area contributed by atoms with Crippen LogP contribution < -0.4 is 5.32 Å². The average Bonchev–Trinajstić information content (AvgIpc) is 2.31. The second kappa shape index (κ2) is 6.68. The fourth-order valence-electron chi connectivity index (χ4n) is 1.39. The molecular weight excluding hydrogens is 218 g/mol. The molecule has 17 heavy (non-hydrogen) atoms. The van der Waals surface area contributed by atoms with Gasteiger partial charge in [0.2, 0.25) is 5.91 Å². The molecule has 0 saturated carbocycles. The van der Waals surface area contributed by atoms with Crippen LogP contribution in [0.15, 0.2) is 30.3 Å². The first kappa shape index (κ1) is 13.2. The van der Waals surface area contributed by atoms with Crippen molar-refractivity contribution in [1.29, 1.82) is 0 Å². The first-order valence-electron chi connectivity index (χ1n) is 5.71. The lowest BCUT2D eigenvalue weighted by Gasteiger charge is -2.21. The highest BCUT2D eigenvalue weighted by Crippen LogP contribution is 2.18. The SMILES string of the molecule is CCC.O=C1NC(=O)C(c2ccccc2)CO1. The van der Waals surface area contributed by atoms with Gasteiger partial charge in [-0.05, 0) is 5.56 Å². The molecule has 1 aliphatic rings. The lowest BCUT2D eigenvalue weighted by Crippen LogP contribution is -2.42. The molecule has 1 unspecified atom stereocenters. The summed E-state index contributed by atoms with van der Waals surface area (Å²) < 4.78 is 4.74. The molecule has 2 amide bonds. The second-order valence-corrected chi connectivity index (χ2v) is 3.76. The molecule has 4 heteroatoms. The van der Waals surface area contributed by atoms with Crippen molar-refractivity contribution in [2.75, 3.05) is 6.61 Å². The number of cyclic esters (lactones) is 1. The zero-order valence-corrected chi connectivity index (χ0v) is 10.1. The van der Waals surface area contributed by atoms with Crippen molar-refractivity contribution >= 4 is 12.0 Å². The second-order valence-electron chi connectivity index (χ2n) is 3.76. The third-order valence-corrected chi connectivity index (χ3v) is 2.12. The van der Waals surface area contributed by atoms with Crippen molar-refractivity contribution in [3.63, 3.8) is 0 Å². The van der Waals surface area contributed by atoms with Crippen LogP contribution in [0, 0.1) is 0 Å². The van der Waals surface area contributed by atoms with Crippen LogP contribution in [0.4, 0.5) is 4.79 Å². The van der Waals surface area contributed by atoms with E-state index in [0.717, 1.165) is 5.56 Å². The van der Waals surface area contributed by atoms with Gasteiger partial charge in [-0.2, -0.15) is 0 Å². The summed E-state index contributed by atoms with van der Waals surface area (Å²) in [5, 5.41) is 2.13. The molecule has 1 aromatic carbocycles. The molecule has 0 aromatic heterocycles. The van der Waals surface area contributed by atoms with Gasteiger partial charge in [-0.25, -0.2) is 4.79 Å². The summed E-state index contributed by atoms with van der Waals surface area (Å²) in [4.78, 5) is 22.1. The molecule has 4 nitrogen and oxygen atoms in total. The number of benzene rings is 1. The standard InChI is InChI=1S/C10H9NO3.C3H8/c12-9-8(6-14-10(13)11-9)7-4-2-1-3-5-7;1-3-2/h1-5,8H,6H2,(H,11,12,13);3H2,1-2H3. The van der Waals surface area contributed by atoms with Crippen molar-refractivity contribution < 1.29 is 14.3 Å². The maximum Gasteiger partial charge on any atom is 0.413 e. The molecule has 1 fully saturated rings. The summed E-state index contributed by atoms with van der Waals surface area (Å²) in [6.07, 6.45) is 0.585. The van der Waals surface area contributed by atoms with Gasteiger partial charge < -0.3 is 4.74 Å². The predicted molar refractivity (Wildman–Crippen MR) is 64.6 cm³/mol. The molecular formula is C13H17NO3. The largest absolute Gasteiger partial charge is 0.448 e. The number of hydrogen-bond acceptors (Lipinski definition) is 3. The van der Waals surface area contributed by atoms with Gasteiger partial charge in [-0.3, -0.25) is 10.1 Å². The molecule has 2 rings (SSSR count). The smallest absolute Gasteiger partial charge is 0.413 e. The monoisotopic (exact) mass is 235 g/mol. The average molecular weight is 235 g/mol. The number of rotatable bonds is 1. The minimum atomic E-state index is -0.665. The molecule has 1 saturated heterocycles. The Morgan fingerprint density at radius 1 is 1.24 bits per heavy atom. The number of alkyl carbamates (subject to hydrolysis) is 1. The van der Waals surface area contributed by atoms with Crippen molar-refractivity contribution in [3.8, 4) is 0 Å². The molecule has 1 atom stereocenters. The maximum absolute atomic E-state index is 11.4. The summed E-state index contributed by atoms with van der Waals surface area (Å²) in [5.74, 6) is -0.679. The van der Waals surface area contributed by atoms with Crippen LogP contribution in [-0.4, -0.2) is 18.6 Å². The topological polar surface area (TPSA) is 55.4 Å². The van der Waals surface area contributed by atoms with Gasteiger partial charge in [0, 0.05) is 0 Å². The van der Waals surface area contributed by atoms with Gasteiger partial charge in [0.15, 0.2) is 0 Å². The fourth-order valence-corrected chi connectivity index (χ4v) is 1.39. The molecule has 1 heterocycles. The highest BCUT2D eigenvalue weighted by Gasteiger charge is 2.28. The Kier molecular flexibility index (Phi) is 5.20. The zero-order chi connectivity index (χ0) is 12.7. The maximum atomic E-state index is 11.4. The number of ether oxygens (including phenoxy) is 1. The van der Waals surface area contributed by atoms with Gasteiger partial charge in [0.05, 0.1) is 5.92 Å². The Morgan fingerprint density at radius 2 is 1.82 bits per heavy atom. The van der Waals surface area contributed by atoms with E-state index in [1.54, 1.807) is 0 Å². The van der Waals surface area contributed by atoms with Gasteiger partial charge >= 0.3 is 6.09 Å². The minimum absolute atomic E-state index is 0.120. The van der Waals surface area contributed by atoms with Crippen LogP contribution >= 0.6 is 0 Å². The van der Waals surface area contributed by atoms with E-state index in [2.05, 4.69) is 19.2 Å². The number of hydrogen-bond donors (Lipinski definition) is 1. The number of amides is 2. The molecule has 1 N–H and O–H groups in total. The van der Waals surface area contributed by atoms with Crippen molar-refractivity contribution in [2.45, 2.75) is 26.2 Å². The lowest BCUT2D eigenvalue weighted by atomic mass is 9.99. The van der Waals surface area contributed by atoms with E-state index < -0.39 is 6.09 Å². The predicted octanol–water partition coefficient (Wildman–Crippen LogP) is 2.45. The van der Waals surface area contributed by atoms with Gasteiger partial charge in [-0.1, -0.05) is 50.6 Å². The normalized spacial score (nSPS) is 18.6. The Balaban J connectivity index is 0.000000437. The molecule has 92 valence electrons. The summed E-state index contributed by atoms with van der Waals surface area (Å²) in [6, 6.07) is 9.24. The fraction of sp³-hybridized carbons (Fsp3) is 0.385. The van der Waals surface area contributed by atoms with Crippen molar-refractivity contribution in [2.24, 2.45) is 0 Å². The summed E-state index contributed by atoms with van der Waals surface area (Å²) in [7, 11) is 0. The molecule has 1 aromatic rings. The first-order chi connectivity index (χ1) is 8.19. The molecule has 0 aliphatic carbocycles.